The fraction of sp³-hybridized carbons (Fsp3) is 0.100. The van der Waals surface area contributed by atoms with Gasteiger partial charge in [0.05, 0.1) is 0 Å². The zero-order valence-corrected chi connectivity index (χ0v) is 7.20. The minimum absolute atomic E-state index is 0.569. The Morgan fingerprint density at radius 1 is 1.38 bits per heavy atom. The molecule has 0 aliphatic carbocycles. The van der Waals surface area contributed by atoms with Gasteiger partial charge in [-0.1, -0.05) is 24.1 Å². The number of benzene rings is 1. The lowest BCUT2D eigenvalue weighted by Gasteiger charge is -2.00. The summed E-state index contributed by atoms with van der Waals surface area (Å²) in [7, 11) is 0. The van der Waals surface area contributed by atoms with Crippen molar-refractivity contribution in [2.24, 2.45) is 0 Å². The summed E-state index contributed by atoms with van der Waals surface area (Å²) in [5.41, 5.74) is 0.686. The zero-order chi connectivity index (χ0) is 9.52. The molecule has 0 saturated heterocycles. The molecule has 0 spiro atoms. The Balaban J connectivity index is 2.49. The van der Waals surface area contributed by atoms with Gasteiger partial charge in [-0.05, 0) is 12.1 Å². The summed E-state index contributed by atoms with van der Waals surface area (Å²) in [5, 5.41) is 2.51. The molecule has 1 amide bonds. The number of amides is 1. The highest BCUT2D eigenvalue weighted by Crippen LogP contribution is 2.04. The van der Waals surface area contributed by atoms with Gasteiger partial charge in [-0.2, -0.15) is 0 Å². The maximum Gasteiger partial charge on any atom is 0.425 e. The second kappa shape index (κ2) is 4.83. The number of carbonyl (C=O) groups is 1. The Hall–Kier alpha value is -1.95. The number of hydrogen-bond donors (Lipinski definition) is 1. The average Bonchev–Trinajstić information content (AvgIpc) is 2.16. The van der Waals surface area contributed by atoms with Gasteiger partial charge in [-0.3, -0.25) is 5.32 Å². The summed E-state index contributed by atoms with van der Waals surface area (Å²) in [5.74, 6) is 2.45. The molecule has 0 aromatic heterocycles. The molecular weight excluding hydrogens is 166 g/mol. The number of hydrogen-bond acceptors (Lipinski definition) is 2. The molecule has 0 saturated carbocycles. The minimum atomic E-state index is -0.569. The van der Waals surface area contributed by atoms with Crippen LogP contribution in [0.15, 0.2) is 30.3 Å². The lowest BCUT2D eigenvalue weighted by molar-refractivity contribution is 0.207. The van der Waals surface area contributed by atoms with Crippen LogP contribution in [0.5, 0.6) is 0 Å². The van der Waals surface area contributed by atoms with E-state index in [-0.39, 0.29) is 0 Å². The van der Waals surface area contributed by atoms with E-state index in [4.69, 9.17) is 0 Å². The van der Waals surface area contributed by atoms with Crippen molar-refractivity contribution in [2.75, 3.05) is 5.32 Å². The molecule has 0 bridgehead atoms. The third-order valence-corrected chi connectivity index (χ3v) is 1.27. The molecule has 0 radical (unpaired) electrons. The summed E-state index contributed by atoms with van der Waals surface area (Å²) in [4.78, 5) is 10.9. The Labute approximate surface area is 76.7 Å². The van der Waals surface area contributed by atoms with E-state index in [9.17, 15) is 4.79 Å². The fourth-order valence-corrected chi connectivity index (χ4v) is 0.762. The van der Waals surface area contributed by atoms with Crippen molar-refractivity contribution >= 4 is 11.8 Å². The standard InChI is InChI=1S/C10H9NO2/c1-2-8-13-10(12)11-9-6-4-3-5-7-9/h3-7H,1H3,(H,11,12). The molecule has 3 heteroatoms. The smallest absolute Gasteiger partial charge is 0.356 e. The zero-order valence-electron chi connectivity index (χ0n) is 7.20. The topological polar surface area (TPSA) is 38.3 Å². The van der Waals surface area contributed by atoms with Crippen LogP contribution in [0.2, 0.25) is 0 Å². The summed E-state index contributed by atoms with van der Waals surface area (Å²) in [6.07, 6.45) is 1.64. The summed E-state index contributed by atoms with van der Waals surface area (Å²) in [6.45, 7) is 1.59. The minimum Gasteiger partial charge on any atom is -0.356 e. The number of carbonyl (C=O) groups excluding carboxylic acids is 1. The molecule has 0 aliphatic heterocycles. The molecule has 1 aromatic carbocycles. The van der Waals surface area contributed by atoms with E-state index in [1.165, 1.54) is 0 Å². The maximum atomic E-state index is 10.9. The molecule has 1 rings (SSSR count). The second-order valence-corrected chi connectivity index (χ2v) is 2.23. The van der Waals surface area contributed by atoms with Crippen molar-refractivity contribution < 1.29 is 9.53 Å². The van der Waals surface area contributed by atoms with Crippen molar-refractivity contribution in [1.82, 2.24) is 0 Å². The van der Waals surface area contributed by atoms with Gasteiger partial charge in [-0.25, -0.2) is 4.79 Å². The number of nitrogens with one attached hydrogen (secondary N) is 1. The first kappa shape index (κ1) is 9.14. The first-order valence-electron chi connectivity index (χ1n) is 3.77. The molecule has 0 fully saturated rings. The van der Waals surface area contributed by atoms with E-state index in [1.807, 2.05) is 18.2 Å². The van der Waals surface area contributed by atoms with Crippen LogP contribution in [-0.4, -0.2) is 6.09 Å². The summed E-state index contributed by atoms with van der Waals surface area (Å²) < 4.78 is 4.48. The summed E-state index contributed by atoms with van der Waals surface area (Å²) in [6, 6.07) is 9.03. The highest BCUT2D eigenvalue weighted by Gasteiger charge is 1.99. The summed E-state index contributed by atoms with van der Waals surface area (Å²) >= 11 is 0. The molecule has 66 valence electrons. The van der Waals surface area contributed by atoms with Gasteiger partial charge >= 0.3 is 6.09 Å². The van der Waals surface area contributed by atoms with E-state index in [1.54, 1.807) is 19.1 Å². The van der Waals surface area contributed by atoms with Crippen LogP contribution in [0, 0.1) is 12.0 Å². The van der Waals surface area contributed by atoms with Gasteiger partial charge in [0.2, 0.25) is 0 Å². The molecule has 13 heavy (non-hydrogen) atoms. The van der Waals surface area contributed by atoms with Crippen molar-refractivity contribution in [3.05, 3.63) is 30.3 Å². The number of anilines is 1. The maximum absolute atomic E-state index is 10.9. The van der Waals surface area contributed by atoms with Crippen LogP contribution in [0.1, 0.15) is 6.92 Å². The van der Waals surface area contributed by atoms with E-state index >= 15 is 0 Å². The molecule has 0 unspecified atom stereocenters. The van der Waals surface area contributed by atoms with Crippen LogP contribution in [-0.2, 0) is 4.74 Å². The van der Waals surface area contributed by atoms with Gasteiger partial charge in [0, 0.05) is 12.6 Å². The normalized spacial score (nSPS) is 8.08. The highest BCUT2D eigenvalue weighted by molar-refractivity contribution is 5.85. The first-order chi connectivity index (χ1) is 6.33. The highest BCUT2D eigenvalue weighted by atomic mass is 16.5. The van der Waals surface area contributed by atoms with E-state index in [0.29, 0.717) is 5.69 Å². The van der Waals surface area contributed by atoms with Gasteiger partial charge in [0.15, 0.2) is 0 Å². The fourth-order valence-electron chi connectivity index (χ4n) is 0.762. The molecular formula is C10H9NO2. The molecule has 0 heterocycles. The second-order valence-electron chi connectivity index (χ2n) is 2.23. The van der Waals surface area contributed by atoms with Crippen LogP contribution in [0.4, 0.5) is 10.5 Å². The SMILES string of the molecule is CC#COC(=O)Nc1ccccc1. The van der Waals surface area contributed by atoms with Crippen molar-refractivity contribution in [3.63, 3.8) is 0 Å². The van der Waals surface area contributed by atoms with Crippen LogP contribution in [0.25, 0.3) is 0 Å². The van der Waals surface area contributed by atoms with E-state index in [0.717, 1.165) is 0 Å². The van der Waals surface area contributed by atoms with Crippen LogP contribution in [0.3, 0.4) is 0 Å². The predicted octanol–water partition coefficient (Wildman–Crippen LogP) is 2.22. The Morgan fingerprint density at radius 2 is 2.08 bits per heavy atom. The molecule has 3 nitrogen and oxygen atoms in total. The average molecular weight is 175 g/mol. The monoisotopic (exact) mass is 175 g/mol. The predicted molar refractivity (Wildman–Crippen MR) is 50.0 cm³/mol. The van der Waals surface area contributed by atoms with Crippen molar-refractivity contribution in [3.8, 4) is 12.0 Å². The van der Waals surface area contributed by atoms with Crippen molar-refractivity contribution in [1.29, 1.82) is 0 Å². The van der Waals surface area contributed by atoms with Crippen LogP contribution < -0.4 is 5.32 Å². The Morgan fingerprint density at radius 3 is 2.69 bits per heavy atom. The molecule has 1 N–H and O–H groups in total. The lowest BCUT2D eigenvalue weighted by Crippen LogP contribution is -2.10. The number of ether oxygens (including phenoxy) is 1. The van der Waals surface area contributed by atoms with Crippen molar-refractivity contribution in [2.45, 2.75) is 6.92 Å². The quantitative estimate of drug-likeness (QED) is 0.664. The van der Waals surface area contributed by atoms with Gasteiger partial charge in [0.25, 0.3) is 0 Å². The van der Waals surface area contributed by atoms with E-state index in [2.05, 4.69) is 22.1 Å². The lowest BCUT2D eigenvalue weighted by atomic mass is 10.3. The van der Waals surface area contributed by atoms with Gasteiger partial charge in [0.1, 0.15) is 6.11 Å². The third kappa shape index (κ3) is 3.30. The Kier molecular flexibility index (Phi) is 3.40. The largest absolute Gasteiger partial charge is 0.425 e. The van der Waals surface area contributed by atoms with E-state index < -0.39 is 6.09 Å². The number of para-hydroxylation sites is 1. The molecule has 0 atom stereocenters. The third-order valence-electron chi connectivity index (χ3n) is 1.27. The Bertz CT molecular complexity index is 335. The first-order valence-corrected chi connectivity index (χ1v) is 3.77. The van der Waals surface area contributed by atoms with Gasteiger partial charge in [-0.15, -0.1) is 0 Å². The molecule has 1 aromatic rings. The molecule has 0 aliphatic rings. The van der Waals surface area contributed by atoms with Gasteiger partial charge < -0.3 is 4.74 Å². The number of rotatable bonds is 1. The van der Waals surface area contributed by atoms with Crippen LogP contribution >= 0.6 is 0 Å².